The lowest BCUT2D eigenvalue weighted by Crippen LogP contribution is -2.24. The Morgan fingerprint density at radius 1 is 1.12 bits per heavy atom. The Morgan fingerprint density at radius 3 is 2.24 bits per heavy atom. The lowest BCUT2D eigenvalue weighted by atomic mass is 10.2. The van der Waals surface area contributed by atoms with Crippen LogP contribution in [0.5, 0.6) is 0 Å². The summed E-state index contributed by atoms with van der Waals surface area (Å²) < 4.78 is 15.6. The second-order valence-electron chi connectivity index (χ2n) is 3.75. The van der Waals surface area contributed by atoms with Crippen molar-refractivity contribution in [1.82, 2.24) is 0 Å². The molecule has 0 spiro atoms. The van der Waals surface area contributed by atoms with E-state index in [1.54, 1.807) is 0 Å². The third-order valence-electron chi connectivity index (χ3n) is 2.50. The monoisotopic (exact) mass is 248 g/mol. The molecule has 0 heterocycles. The van der Waals surface area contributed by atoms with Crippen LogP contribution in [0.1, 0.15) is 40.0 Å². The summed E-state index contributed by atoms with van der Waals surface area (Å²) in [7, 11) is 0. The topological polar surface area (TPSA) is 65.0 Å². The lowest BCUT2D eigenvalue weighted by molar-refractivity contribution is -0.0499. The predicted molar refractivity (Wildman–Crippen MR) is 64.3 cm³/mol. The van der Waals surface area contributed by atoms with Gasteiger partial charge in [0.15, 0.2) is 0 Å². The van der Waals surface area contributed by atoms with Gasteiger partial charge in [-0.15, -0.1) is 0 Å². The number of hydrogen-bond donors (Lipinski definition) is 1. The van der Waals surface area contributed by atoms with E-state index in [4.69, 9.17) is 14.6 Å². The Morgan fingerprint density at radius 2 is 1.76 bits per heavy atom. The highest BCUT2D eigenvalue weighted by Crippen LogP contribution is 2.07. The smallest absolute Gasteiger partial charge is 0.450 e. The fourth-order valence-electron chi connectivity index (χ4n) is 1.45. The molecule has 0 aromatic heterocycles. The average Bonchev–Trinajstić information content (AvgIpc) is 2.31. The second-order valence-corrected chi connectivity index (χ2v) is 3.75. The number of hydrogen-bond acceptors (Lipinski definition) is 4. The van der Waals surface area contributed by atoms with Crippen molar-refractivity contribution in [3.05, 3.63) is 0 Å². The minimum absolute atomic E-state index is 0.0313. The van der Waals surface area contributed by atoms with Gasteiger partial charge in [0.25, 0.3) is 0 Å². The first-order valence-electron chi connectivity index (χ1n) is 6.22. The minimum atomic E-state index is -1.24. The third kappa shape index (κ3) is 8.94. The van der Waals surface area contributed by atoms with Crippen molar-refractivity contribution in [3.8, 4) is 0 Å². The van der Waals surface area contributed by atoms with Crippen LogP contribution in [-0.4, -0.2) is 43.3 Å². The van der Waals surface area contributed by atoms with Gasteiger partial charge in [-0.2, -0.15) is 0 Å². The van der Waals surface area contributed by atoms with Gasteiger partial charge in [-0.05, 0) is 19.8 Å². The van der Waals surface area contributed by atoms with Crippen molar-refractivity contribution < 1.29 is 24.1 Å². The molecule has 0 fully saturated rings. The maximum atomic E-state index is 10.2. The average molecular weight is 248 g/mol. The molecule has 17 heavy (non-hydrogen) atoms. The van der Waals surface area contributed by atoms with E-state index in [1.165, 1.54) is 0 Å². The van der Waals surface area contributed by atoms with Crippen LogP contribution in [0, 0.1) is 0 Å². The van der Waals surface area contributed by atoms with E-state index >= 15 is 0 Å². The zero-order valence-corrected chi connectivity index (χ0v) is 11.0. The van der Waals surface area contributed by atoms with Gasteiger partial charge >= 0.3 is 6.16 Å². The normalized spacial score (nSPS) is 14.3. The number of rotatable bonds is 10. The van der Waals surface area contributed by atoms with Crippen molar-refractivity contribution in [3.63, 3.8) is 0 Å². The molecule has 1 N–H and O–H groups in total. The van der Waals surface area contributed by atoms with Crippen LogP contribution < -0.4 is 0 Å². The van der Waals surface area contributed by atoms with E-state index in [2.05, 4.69) is 11.7 Å². The summed E-state index contributed by atoms with van der Waals surface area (Å²) in [4.78, 5) is 10.2. The fourth-order valence-corrected chi connectivity index (χ4v) is 1.45. The molecule has 0 radical (unpaired) electrons. The Kier molecular flexibility index (Phi) is 9.86. The van der Waals surface area contributed by atoms with Crippen molar-refractivity contribution in [2.75, 3.05) is 19.8 Å². The number of carboxylic acid groups (broad SMARTS) is 1. The summed E-state index contributed by atoms with van der Waals surface area (Å²) in [5, 5.41) is 8.34. The highest BCUT2D eigenvalue weighted by molar-refractivity contribution is 5.56. The van der Waals surface area contributed by atoms with Crippen LogP contribution in [0.25, 0.3) is 0 Å². The highest BCUT2D eigenvalue weighted by atomic mass is 16.7. The third-order valence-corrected chi connectivity index (χ3v) is 2.50. The Labute approximate surface area is 103 Å². The zero-order valence-electron chi connectivity index (χ0n) is 11.0. The summed E-state index contributed by atoms with van der Waals surface area (Å²) in [6.45, 7) is 7.43. The maximum Gasteiger partial charge on any atom is 0.505 e. The van der Waals surface area contributed by atoms with Gasteiger partial charge in [0, 0.05) is 13.0 Å². The van der Waals surface area contributed by atoms with E-state index in [-0.39, 0.29) is 18.8 Å². The number of carbonyl (C=O) groups is 1. The molecule has 102 valence electrons. The van der Waals surface area contributed by atoms with Crippen LogP contribution in [0.3, 0.4) is 0 Å². The molecule has 2 atom stereocenters. The van der Waals surface area contributed by atoms with Crippen molar-refractivity contribution >= 4 is 6.16 Å². The van der Waals surface area contributed by atoms with Crippen LogP contribution in [0.15, 0.2) is 0 Å². The van der Waals surface area contributed by atoms with Crippen LogP contribution in [0.4, 0.5) is 4.79 Å². The van der Waals surface area contributed by atoms with Crippen LogP contribution >= 0.6 is 0 Å². The summed E-state index contributed by atoms with van der Waals surface area (Å²) in [5.41, 5.74) is 0. The summed E-state index contributed by atoms with van der Waals surface area (Å²) in [6, 6.07) is 0. The standard InChI is InChI=1S/C12H24O5/c1-4-10(7-8-16-12(13)14)17-9-11(5-2)15-6-3/h10-11H,4-9H2,1-3H3,(H,13,14). The highest BCUT2D eigenvalue weighted by Gasteiger charge is 2.12. The Balaban J connectivity index is 3.75. The molecule has 5 nitrogen and oxygen atoms in total. The van der Waals surface area contributed by atoms with Gasteiger partial charge in [-0.3, -0.25) is 0 Å². The van der Waals surface area contributed by atoms with Gasteiger partial charge < -0.3 is 19.3 Å². The Bertz CT molecular complexity index is 195. The van der Waals surface area contributed by atoms with Gasteiger partial charge in [0.1, 0.15) is 0 Å². The van der Waals surface area contributed by atoms with E-state index in [0.29, 0.717) is 19.6 Å². The molecule has 0 aliphatic rings. The molecule has 0 amide bonds. The van der Waals surface area contributed by atoms with E-state index < -0.39 is 6.16 Å². The first kappa shape index (κ1) is 16.2. The SMILES string of the molecule is CCOC(CC)COC(CC)CCOC(=O)O. The molecule has 0 saturated carbocycles. The second kappa shape index (κ2) is 10.4. The molecule has 0 rings (SSSR count). The van der Waals surface area contributed by atoms with Crippen molar-refractivity contribution in [2.45, 2.75) is 52.2 Å². The molecular weight excluding hydrogens is 224 g/mol. The molecule has 0 aromatic carbocycles. The molecule has 2 unspecified atom stereocenters. The molecule has 5 heteroatoms. The van der Waals surface area contributed by atoms with E-state index in [0.717, 1.165) is 12.8 Å². The molecule has 0 bridgehead atoms. The molecule has 0 aliphatic carbocycles. The first-order chi connectivity index (χ1) is 8.13. The van der Waals surface area contributed by atoms with Crippen molar-refractivity contribution in [2.24, 2.45) is 0 Å². The zero-order chi connectivity index (χ0) is 13.1. The molecule has 0 aromatic rings. The van der Waals surface area contributed by atoms with Crippen molar-refractivity contribution in [1.29, 1.82) is 0 Å². The minimum Gasteiger partial charge on any atom is -0.450 e. The first-order valence-corrected chi connectivity index (χ1v) is 6.22. The molecular formula is C12H24O5. The summed E-state index contributed by atoms with van der Waals surface area (Å²) in [6.07, 6.45) is 1.26. The van der Waals surface area contributed by atoms with Crippen LogP contribution in [0.2, 0.25) is 0 Å². The molecule has 0 saturated heterocycles. The fraction of sp³-hybridized carbons (Fsp3) is 0.917. The van der Waals surface area contributed by atoms with E-state index in [9.17, 15) is 4.79 Å². The van der Waals surface area contributed by atoms with Crippen LogP contribution in [-0.2, 0) is 14.2 Å². The van der Waals surface area contributed by atoms with Gasteiger partial charge in [0.05, 0.1) is 25.4 Å². The summed E-state index contributed by atoms with van der Waals surface area (Å²) in [5.74, 6) is 0. The van der Waals surface area contributed by atoms with Gasteiger partial charge in [0.2, 0.25) is 0 Å². The van der Waals surface area contributed by atoms with Gasteiger partial charge in [-0.25, -0.2) is 4.79 Å². The molecule has 0 aliphatic heterocycles. The maximum absolute atomic E-state index is 10.2. The quantitative estimate of drug-likeness (QED) is 0.602. The predicted octanol–water partition coefficient (Wildman–Crippen LogP) is 2.68. The number of ether oxygens (including phenoxy) is 3. The van der Waals surface area contributed by atoms with E-state index in [1.807, 2.05) is 13.8 Å². The Hall–Kier alpha value is -0.810. The largest absolute Gasteiger partial charge is 0.505 e. The summed E-state index contributed by atoms with van der Waals surface area (Å²) >= 11 is 0. The lowest BCUT2D eigenvalue weighted by Gasteiger charge is -2.20. The van der Waals surface area contributed by atoms with Gasteiger partial charge in [-0.1, -0.05) is 13.8 Å².